The van der Waals surface area contributed by atoms with E-state index in [0.29, 0.717) is 6.54 Å². The van der Waals surface area contributed by atoms with Crippen LogP contribution in [0.2, 0.25) is 0 Å². The van der Waals surface area contributed by atoms with E-state index in [9.17, 15) is 5.11 Å². The van der Waals surface area contributed by atoms with Crippen molar-refractivity contribution in [1.29, 1.82) is 0 Å². The molecule has 1 aromatic heterocycles. The number of fused-ring (bicyclic) bond motifs is 3. The van der Waals surface area contributed by atoms with Crippen LogP contribution in [0.1, 0.15) is 66.4 Å². The van der Waals surface area contributed by atoms with Crippen molar-refractivity contribution in [2.24, 2.45) is 0 Å². The summed E-state index contributed by atoms with van der Waals surface area (Å²) < 4.78 is 0. The van der Waals surface area contributed by atoms with Crippen molar-refractivity contribution in [1.82, 2.24) is 9.97 Å². The van der Waals surface area contributed by atoms with Crippen molar-refractivity contribution < 1.29 is 5.11 Å². The third kappa shape index (κ3) is 2.85. The van der Waals surface area contributed by atoms with E-state index >= 15 is 0 Å². The van der Waals surface area contributed by atoms with Gasteiger partial charge in [-0.2, -0.15) is 0 Å². The van der Waals surface area contributed by atoms with Gasteiger partial charge in [0.2, 0.25) is 0 Å². The van der Waals surface area contributed by atoms with E-state index in [0.717, 1.165) is 43.9 Å². The van der Waals surface area contributed by atoms with E-state index in [2.05, 4.69) is 30.0 Å². The second-order valence-electron chi connectivity index (χ2n) is 9.60. The Morgan fingerprint density at radius 2 is 1.82 bits per heavy atom. The summed E-state index contributed by atoms with van der Waals surface area (Å²) in [6.45, 7) is 7.86. The molecule has 2 atom stereocenters. The predicted octanol–water partition coefficient (Wildman–Crippen LogP) is 3.82. The standard InChI is InChI=1S/C24H31N3O/c1-16-6-4-7-20-18(16)8-11-24(20)12-9-19-21(14-24)25-17(2)26-22(19)27-13-5-10-23(3,28)15-27/h4,6-7,28H,5,8-15H2,1-3H3/t23-,24?/m1/s1. The number of anilines is 1. The van der Waals surface area contributed by atoms with Gasteiger partial charge < -0.3 is 10.0 Å². The number of aromatic nitrogens is 2. The van der Waals surface area contributed by atoms with E-state index in [1.165, 1.54) is 36.1 Å². The van der Waals surface area contributed by atoms with Gasteiger partial charge in [0, 0.05) is 24.1 Å². The Bertz CT molecular complexity index is 936. The maximum atomic E-state index is 10.6. The number of aryl methyl sites for hydroxylation is 2. The highest BCUT2D eigenvalue weighted by Gasteiger charge is 2.43. The Balaban J connectivity index is 1.53. The van der Waals surface area contributed by atoms with Crippen molar-refractivity contribution in [3.05, 3.63) is 52.0 Å². The molecular formula is C24H31N3O. The molecule has 4 heteroatoms. The first kappa shape index (κ1) is 18.1. The number of nitrogens with zero attached hydrogens (tertiary/aromatic N) is 3. The minimum Gasteiger partial charge on any atom is -0.388 e. The van der Waals surface area contributed by atoms with Gasteiger partial charge in [-0.05, 0) is 82.4 Å². The average molecular weight is 378 g/mol. The van der Waals surface area contributed by atoms with Gasteiger partial charge >= 0.3 is 0 Å². The summed E-state index contributed by atoms with van der Waals surface area (Å²) in [5.41, 5.74) is 6.78. The van der Waals surface area contributed by atoms with Gasteiger partial charge in [-0.15, -0.1) is 0 Å². The van der Waals surface area contributed by atoms with Crippen LogP contribution in [0.15, 0.2) is 18.2 Å². The molecule has 4 nitrogen and oxygen atoms in total. The normalized spacial score (nSPS) is 29.1. The third-order valence-electron chi connectivity index (χ3n) is 7.35. The second kappa shape index (κ2) is 6.28. The number of piperidine rings is 1. The molecule has 3 aliphatic rings. The molecule has 1 N–H and O–H groups in total. The fourth-order valence-electron chi connectivity index (χ4n) is 5.95. The minimum atomic E-state index is -0.623. The Kier molecular flexibility index (Phi) is 4.06. The number of hydrogen-bond donors (Lipinski definition) is 1. The topological polar surface area (TPSA) is 49.2 Å². The summed E-state index contributed by atoms with van der Waals surface area (Å²) in [6.07, 6.45) is 7.57. The van der Waals surface area contributed by atoms with E-state index in [1.807, 2.05) is 13.8 Å². The minimum absolute atomic E-state index is 0.250. The van der Waals surface area contributed by atoms with Crippen LogP contribution in [0.25, 0.3) is 0 Å². The molecule has 0 saturated carbocycles. The average Bonchev–Trinajstić information content (AvgIpc) is 2.99. The van der Waals surface area contributed by atoms with Crippen molar-refractivity contribution in [2.45, 2.75) is 76.7 Å². The quantitative estimate of drug-likeness (QED) is 0.821. The number of rotatable bonds is 1. The molecule has 1 aliphatic heterocycles. The van der Waals surface area contributed by atoms with Crippen LogP contribution < -0.4 is 4.90 Å². The van der Waals surface area contributed by atoms with Crippen molar-refractivity contribution in [2.75, 3.05) is 18.0 Å². The molecule has 0 bridgehead atoms. The van der Waals surface area contributed by atoms with Crippen LogP contribution in [0.4, 0.5) is 5.82 Å². The molecule has 1 unspecified atom stereocenters. The van der Waals surface area contributed by atoms with Gasteiger partial charge in [-0.1, -0.05) is 18.2 Å². The Morgan fingerprint density at radius 1 is 1.04 bits per heavy atom. The summed E-state index contributed by atoms with van der Waals surface area (Å²) in [4.78, 5) is 12.1. The lowest BCUT2D eigenvalue weighted by molar-refractivity contribution is 0.0446. The zero-order chi connectivity index (χ0) is 19.5. The molecule has 2 heterocycles. The second-order valence-corrected chi connectivity index (χ2v) is 9.60. The molecule has 28 heavy (non-hydrogen) atoms. The highest BCUT2D eigenvalue weighted by Crippen LogP contribution is 2.49. The molecule has 2 aliphatic carbocycles. The van der Waals surface area contributed by atoms with Gasteiger partial charge in [0.05, 0.1) is 11.3 Å². The molecule has 0 radical (unpaired) electrons. The van der Waals surface area contributed by atoms with Crippen LogP contribution in [-0.2, 0) is 24.7 Å². The van der Waals surface area contributed by atoms with Crippen molar-refractivity contribution in [3.63, 3.8) is 0 Å². The summed E-state index contributed by atoms with van der Waals surface area (Å²) in [5, 5.41) is 10.6. The first-order valence-electron chi connectivity index (χ1n) is 10.8. The van der Waals surface area contributed by atoms with Crippen LogP contribution in [0.5, 0.6) is 0 Å². The molecule has 1 aromatic carbocycles. The predicted molar refractivity (Wildman–Crippen MR) is 112 cm³/mol. The molecule has 0 amide bonds. The van der Waals surface area contributed by atoms with Crippen molar-refractivity contribution >= 4 is 5.82 Å². The highest BCUT2D eigenvalue weighted by atomic mass is 16.3. The van der Waals surface area contributed by atoms with Gasteiger partial charge in [-0.25, -0.2) is 9.97 Å². The molecule has 148 valence electrons. The molecule has 1 saturated heterocycles. The smallest absolute Gasteiger partial charge is 0.135 e. The van der Waals surface area contributed by atoms with Crippen LogP contribution in [0, 0.1) is 13.8 Å². The zero-order valence-corrected chi connectivity index (χ0v) is 17.4. The first-order chi connectivity index (χ1) is 13.4. The number of β-amino-alcohol motifs (C(OH)–C–C–N with tert-alkyl or cyclic N) is 1. The fraction of sp³-hybridized carbons (Fsp3) is 0.583. The van der Waals surface area contributed by atoms with E-state index in [-0.39, 0.29) is 5.41 Å². The van der Waals surface area contributed by atoms with Crippen LogP contribution >= 0.6 is 0 Å². The number of benzene rings is 1. The SMILES string of the molecule is Cc1nc2c(c(N3CCC[C@@](C)(O)C3)n1)CCC1(CCc3c(C)cccc31)C2. The van der Waals surface area contributed by atoms with E-state index in [4.69, 9.17) is 9.97 Å². The van der Waals surface area contributed by atoms with Crippen LogP contribution in [-0.4, -0.2) is 33.8 Å². The van der Waals surface area contributed by atoms with Gasteiger partial charge in [-0.3, -0.25) is 0 Å². The Hall–Kier alpha value is -1.94. The van der Waals surface area contributed by atoms with Crippen LogP contribution in [0.3, 0.4) is 0 Å². The fourth-order valence-corrected chi connectivity index (χ4v) is 5.95. The lowest BCUT2D eigenvalue weighted by atomic mass is 9.69. The van der Waals surface area contributed by atoms with E-state index < -0.39 is 5.60 Å². The number of hydrogen-bond acceptors (Lipinski definition) is 4. The Labute approximate surface area is 168 Å². The van der Waals surface area contributed by atoms with Gasteiger partial charge in [0.15, 0.2) is 0 Å². The van der Waals surface area contributed by atoms with E-state index in [1.54, 1.807) is 11.1 Å². The zero-order valence-electron chi connectivity index (χ0n) is 17.4. The largest absolute Gasteiger partial charge is 0.388 e. The molecule has 1 fully saturated rings. The maximum Gasteiger partial charge on any atom is 0.135 e. The molecule has 5 rings (SSSR count). The summed E-state index contributed by atoms with van der Waals surface area (Å²) in [7, 11) is 0. The monoisotopic (exact) mass is 377 g/mol. The lowest BCUT2D eigenvalue weighted by Gasteiger charge is -2.41. The Morgan fingerprint density at radius 3 is 2.61 bits per heavy atom. The third-order valence-corrected chi connectivity index (χ3v) is 7.35. The summed E-state index contributed by atoms with van der Waals surface area (Å²) in [5.74, 6) is 1.94. The highest BCUT2D eigenvalue weighted by molar-refractivity contribution is 5.54. The molecule has 1 spiro atoms. The summed E-state index contributed by atoms with van der Waals surface area (Å²) in [6, 6.07) is 6.83. The van der Waals surface area contributed by atoms with Gasteiger partial charge in [0.1, 0.15) is 11.6 Å². The van der Waals surface area contributed by atoms with Gasteiger partial charge in [0.25, 0.3) is 0 Å². The number of aliphatic hydroxyl groups is 1. The van der Waals surface area contributed by atoms with Crippen molar-refractivity contribution in [3.8, 4) is 0 Å². The molecule has 2 aromatic rings. The summed E-state index contributed by atoms with van der Waals surface area (Å²) >= 11 is 0. The molecular weight excluding hydrogens is 346 g/mol. The first-order valence-corrected chi connectivity index (χ1v) is 10.8. The maximum absolute atomic E-state index is 10.6. The lowest BCUT2D eigenvalue weighted by Crippen LogP contribution is -2.47.